The van der Waals surface area contributed by atoms with Crippen molar-refractivity contribution in [1.82, 2.24) is 20.1 Å². The molecule has 23 heavy (non-hydrogen) atoms. The molecule has 0 fully saturated rings. The van der Waals surface area contributed by atoms with Crippen molar-refractivity contribution in [2.45, 2.75) is 52.7 Å². The van der Waals surface area contributed by atoms with Crippen LogP contribution in [0, 0.1) is 0 Å². The van der Waals surface area contributed by atoms with Crippen molar-refractivity contribution < 1.29 is 0 Å². The van der Waals surface area contributed by atoms with Crippen molar-refractivity contribution in [3.63, 3.8) is 0 Å². The van der Waals surface area contributed by atoms with E-state index in [4.69, 9.17) is 0 Å². The molecule has 5 nitrogen and oxygen atoms in total. The van der Waals surface area contributed by atoms with E-state index in [1.165, 1.54) is 5.56 Å². The molecule has 0 aromatic carbocycles. The Balaban J connectivity index is 0.00000484. The summed E-state index contributed by atoms with van der Waals surface area (Å²) in [5.74, 6) is 0.865. The number of guanidine groups is 1. The molecule has 1 aromatic rings. The smallest absolute Gasteiger partial charge is 0.191 e. The van der Waals surface area contributed by atoms with E-state index < -0.39 is 0 Å². The van der Waals surface area contributed by atoms with Crippen LogP contribution in [0.4, 0.5) is 0 Å². The number of aryl methyl sites for hydroxylation is 1. The van der Waals surface area contributed by atoms with Gasteiger partial charge in [-0.05, 0) is 45.7 Å². The summed E-state index contributed by atoms with van der Waals surface area (Å²) in [5.41, 5.74) is 1.26. The Hall–Kier alpha value is -0.760. The molecule has 6 heteroatoms. The van der Waals surface area contributed by atoms with E-state index in [1.807, 2.05) is 14.1 Å². The summed E-state index contributed by atoms with van der Waals surface area (Å²) in [6.07, 6.45) is 5.28. The Morgan fingerprint density at radius 1 is 1.22 bits per heavy atom. The van der Waals surface area contributed by atoms with Crippen molar-refractivity contribution >= 4 is 29.9 Å². The zero-order valence-corrected chi connectivity index (χ0v) is 17.8. The van der Waals surface area contributed by atoms with Crippen molar-refractivity contribution in [3.05, 3.63) is 24.0 Å². The lowest BCUT2D eigenvalue weighted by atomic mass is 10.2. The summed E-state index contributed by atoms with van der Waals surface area (Å²) in [4.78, 5) is 6.79. The maximum atomic E-state index is 4.27. The Morgan fingerprint density at radius 2 is 1.87 bits per heavy atom. The molecule has 0 aliphatic carbocycles. The van der Waals surface area contributed by atoms with Gasteiger partial charge in [-0.3, -0.25) is 9.89 Å². The molecule has 0 spiro atoms. The zero-order chi connectivity index (χ0) is 16.5. The summed E-state index contributed by atoms with van der Waals surface area (Å²) in [6.45, 7) is 11.9. The molecule has 0 saturated carbocycles. The molecule has 0 aliphatic rings. The number of aliphatic imine (C=N–C) groups is 1. The number of rotatable bonds is 8. The van der Waals surface area contributed by atoms with Gasteiger partial charge in [0.1, 0.15) is 0 Å². The van der Waals surface area contributed by atoms with Gasteiger partial charge in [-0.2, -0.15) is 0 Å². The Labute approximate surface area is 158 Å². The maximum Gasteiger partial charge on any atom is 0.191 e. The molecule has 0 aliphatic heterocycles. The number of nitrogens with one attached hydrogen (secondary N) is 2. The van der Waals surface area contributed by atoms with Crippen LogP contribution in [-0.4, -0.2) is 47.6 Å². The van der Waals surface area contributed by atoms with Gasteiger partial charge in [0.05, 0.1) is 0 Å². The quantitative estimate of drug-likeness (QED) is 0.286. The first-order valence-electron chi connectivity index (χ1n) is 8.25. The van der Waals surface area contributed by atoms with E-state index in [-0.39, 0.29) is 24.0 Å². The van der Waals surface area contributed by atoms with Gasteiger partial charge in [0, 0.05) is 58.2 Å². The second-order valence-corrected chi connectivity index (χ2v) is 6.32. The fourth-order valence-electron chi connectivity index (χ4n) is 2.65. The summed E-state index contributed by atoms with van der Waals surface area (Å²) in [5, 5.41) is 6.73. The lowest BCUT2D eigenvalue weighted by Crippen LogP contribution is -2.41. The molecule has 1 heterocycles. The highest BCUT2D eigenvalue weighted by molar-refractivity contribution is 14.0. The standard InChI is InChI=1S/C17H33N5.HI/c1-14(2)22(15(3)4)10-7-9-19-17(18-5)20-12-16-8-11-21(6)13-16;/h8,11,13-15H,7,9-10,12H2,1-6H3,(H2,18,19,20);1H. The van der Waals surface area contributed by atoms with Crippen molar-refractivity contribution in [3.8, 4) is 0 Å². The summed E-state index contributed by atoms with van der Waals surface area (Å²) in [7, 11) is 3.85. The minimum atomic E-state index is 0. The Kier molecular flexibility index (Phi) is 11.3. The van der Waals surface area contributed by atoms with Crippen LogP contribution in [-0.2, 0) is 13.6 Å². The SMILES string of the molecule is CN=C(NCCCN(C(C)C)C(C)C)NCc1ccn(C)c1.I. The van der Waals surface area contributed by atoms with Gasteiger partial charge in [0.25, 0.3) is 0 Å². The molecule has 0 radical (unpaired) electrons. The first-order chi connectivity index (χ1) is 10.4. The second-order valence-electron chi connectivity index (χ2n) is 6.32. The fraction of sp³-hybridized carbons (Fsp3) is 0.706. The topological polar surface area (TPSA) is 44.6 Å². The molecule has 1 rings (SSSR count). The molecule has 1 aromatic heterocycles. The molecule has 2 N–H and O–H groups in total. The summed E-state index contributed by atoms with van der Waals surface area (Å²) >= 11 is 0. The van der Waals surface area contributed by atoms with E-state index >= 15 is 0 Å². The third-order valence-corrected chi connectivity index (χ3v) is 3.79. The van der Waals surface area contributed by atoms with Crippen LogP contribution in [0.15, 0.2) is 23.5 Å². The molecule has 0 atom stereocenters. The predicted molar refractivity (Wildman–Crippen MR) is 111 cm³/mol. The van der Waals surface area contributed by atoms with Crippen LogP contribution in [0.1, 0.15) is 39.7 Å². The fourth-order valence-corrected chi connectivity index (χ4v) is 2.65. The summed E-state index contributed by atoms with van der Waals surface area (Å²) in [6, 6.07) is 3.30. The zero-order valence-electron chi connectivity index (χ0n) is 15.5. The van der Waals surface area contributed by atoms with E-state index in [0.717, 1.165) is 32.0 Å². The van der Waals surface area contributed by atoms with Crippen LogP contribution in [0.3, 0.4) is 0 Å². The second kappa shape index (κ2) is 11.7. The van der Waals surface area contributed by atoms with Crippen LogP contribution in [0.25, 0.3) is 0 Å². The monoisotopic (exact) mass is 435 g/mol. The van der Waals surface area contributed by atoms with Gasteiger partial charge in [-0.1, -0.05) is 0 Å². The Bertz CT molecular complexity index is 446. The number of hydrogen-bond donors (Lipinski definition) is 2. The predicted octanol–water partition coefficient (Wildman–Crippen LogP) is 2.82. The van der Waals surface area contributed by atoms with E-state index in [0.29, 0.717) is 12.1 Å². The number of halogens is 1. The maximum absolute atomic E-state index is 4.27. The normalized spacial score (nSPS) is 12.0. The van der Waals surface area contributed by atoms with Crippen molar-refractivity contribution in [2.24, 2.45) is 12.0 Å². The van der Waals surface area contributed by atoms with Crippen LogP contribution >= 0.6 is 24.0 Å². The minimum absolute atomic E-state index is 0. The van der Waals surface area contributed by atoms with E-state index in [2.05, 4.69) is 71.2 Å². The van der Waals surface area contributed by atoms with Gasteiger partial charge < -0.3 is 15.2 Å². The largest absolute Gasteiger partial charge is 0.357 e. The van der Waals surface area contributed by atoms with Gasteiger partial charge in [-0.15, -0.1) is 24.0 Å². The molecule has 134 valence electrons. The van der Waals surface area contributed by atoms with Crippen molar-refractivity contribution in [1.29, 1.82) is 0 Å². The van der Waals surface area contributed by atoms with E-state index in [1.54, 1.807) is 0 Å². The molecular formula is C17H34IN5. The first kappa shape index (κ1) is 22.2. The molecule has 0 unspecified atom stereocenters. The third kappa shape index (κ3) is 8.60. The lowest BCUT2D eigenvalue weighted by Gasteiger charge is -2.30. The first-order valence-corrected chi connectivity index (χ1v) is 8.25. The number of aromatic nitrogens is 1. The Morgan fingerprint density at radius 3 is 2.35 bits per heavy atom. The average Bonchev–Trinajstić information content (AvgIpc) is 2.86. The highest BCUT2D eigenvalue weighted by Crippen LogP contribution is 2.05. The average molecular weight is 435 g/mol. The lowest BCUT2D eigenvalue weighted by molar-refractivity contribution is 0.173. The van der Waals surface area contributed by atoms with Crippen LogP contribution < -0.4 is 10.6 Å². The van der Waals surface area contributed by atoms with Gasteiger partial charge in [0.2, 0.25) is 0 Å². The van der Waals surface area contributed by atoms with Gasteiger partial charge in [0.15, 0.2) is 5.96 Å². The molecule has 0 saturated heterocycles. The highest BCUT2D eigenvalue weighted by atomic mass is 127. The molecule has 0 amide bonds. The molecular weight excluding hydrogens is 401 g/mol. The van der Waals surface area contributed by atoms with E-state index in [9.17, 15) is 0 Å². The van der Waals surface area contributed by atoms with Crippen LogP contribution in [0.5, 0.6) is 0 Å². The number of hydrogen-bond acceptors (Lipinski definition) is 2. The number of nitrogens with zero attached hydrogens (tertiary/aromatic N) is 3. The highest BCUT2D eigenvalue weighted by Gasteiger charge is 2.12. The van der Waals surface area contributed by atoms with Crippen molar-refractivity contribution in [2.75, 3.05) is 20.1 Å². The minimum Gasteiger partial charge on any atom is -0.357 e. The summed E-state index contributed by atoms with van der Waals surface area (Å²) < 4.78 is 2.06. The molecule has 0 bridgehead atoms. The van der Waals surface area contributed by atoms with Gasteiger partial charge >= 0.3 is 0 Å². The van der Waals surface area contributed by atoms with Crippen LogP contribution in [0.2, 0.25) is 0 Å². The third-order valence-electron chi connectivity index (χ3n) is 3.79. The van der Waals surface area contributed by atoms with Gasteiger partial charge in [-0.25, -0.2) is 0 Å².